The Morgan fingerprint density at radius 3 is 2.41 bits per heavy atom. The molecule has 1 fully saturated rings. The molecule has 0 heterocycles. The predicted octanol–water partition coefficient (Wildman–Crippen LogP) is 1.27. The van der Waals surface area contributed by atoms with Crippen molar-refractivity contribution in [3.05, 3.63) is 32.6 Å². The smallest absolute Gasteiger partial charge is 0.253 e. The first-order valence-electron chi connectivity index (χ1n) is 8.20. The van der Waals surface area contributed by atoms with E-state index in [0.717, 1.165) is 25.4 Å². The second-order valence-electron chi connectivity index (χ2n) is 6.91. The van der Waals surface area contributed by atoms with Gasteiger partial charge < -0.3 is 15.5 Å². The zero-order chi connectivity index (χ0) is 15.7. The van der Waals surface area contributed by atoms with Gasteiger partial charge in [0.15, 0.2) is 0 Å². The van der Waals surface area contributed by atoms with E-state index in [1.165, 1.54) is 12.8 Å². The molecule has 2 aliphatic carbocycles. The van der Waals surface area contributed by atoms with E-state index >= 15 is 0 Å². The van der Waals surface area contributed by atoms with E-state index in [0.29, 0.717) is 29.8 Å². The molecule has 0 spiro atoms. The molecule has 1 saturated carbocycles. The van der Waals surface area contributed by atoms with E-state index in [1.54, 1.807) is 0 Å². The lowest BCUT2D eigenvalue weighted by Crippen LogP contribution is -2.38. The largest absolute Gasteiger partial charge is 0.380 e. The van der Waals surface area contributed by atoms with E-state index < -0.39 is 0 Å². The van der Waals surface area contributed by atoms with Crippen molar-refractivity contribution < 1.29 is 0 Å². The monoisotopic (exact) mass is 303 g/mol. The number of nitrogens with zero attached hydrogens (tertiary/aromatic N) is 1. The average Bonchev–Trinajstić information content (AvgIpc) is 3.11. The maximum atomic E-state index is 11.7. The summed E-state index contributed by atoms with van der Waals surface area (Å²) in [5.41, 5.74) is 0.248. The Labute approximate surface area is 131 Å². The molecule has 5 heteroatoms. The molecule has 1 aromatic rings. The van der Waals surface area contributed by atoms with E-state index in [9.17, 15) is 9.59 Å². The fourth-order valence-electron chi connectivity index (χ4n) is 3.70. The zero-order valence-corrected chi connectivity index (χ0v) is 13.4. The summed E-state index contributed by atoms with van der Waals surface area (Å²) in [6.45, 7) is 2.47. The molecule has 1 aromatic carbocycles. The lowest BCUT2D eigenvalue weighted by molar-refractivity contribution is 0.405. The second-order valence-corrected chi connectivity index (χ2v) is 6.91. The third-order valence-electron chi connectivity index (χ3n) is 4.95. The lowest BCUT2D eigenvalue weighted by Gasteiger charge is -2.21. The number of hydrogen-bond donors (Lipinski definition) is 2. The summed E-state index contributed by atoms with van der Waals surface area (Å²) in [7, 11) is 4.04. The summed E-state index contributed by atoms with van der Waals surface area (Å²) in [5.74, 6) is 1.98. The van der Waals surface area contributed by atoms with Crippen molar-refractivity contribution >= 4 is 11.4 Å². The van der Waals surface area contributed by atoms with Crippen LogP contribution in [0.1, 0.15) is 19.3 Å². The van der Waals surface area contributed by atoms with Crippen molar-refractivity contribution in [1.82, 2.24) is 4.90 Å². The summed E-state index contributed by atoms with van der Waals surface area (Å²) >= 11 is 0. The molecule has 2 bridgehead atoms. The standard InChI is InChI=1S/C17H25N3O2/c1-20(2)7-3-6-18-14-15(17(22)16(14)21)19-10-13-9-11-4-5-12(13)8-11/h4-5,11-13,18-19H,3,6-10H2,1-2H3/t11-,12-,13+/m0/s1. The van der Waals surface area contributed by atoms with Gasteiger partial charge in [0.05, 0.1) is 0 Å². The maximum absolute atomic E-state index is 11.7. The van der Waals surface area contributed by atoms with Gasteiger partial charge in [0.2, 0.25) is 0 Å². The SMILES string of the molecule is CN(C)CCCNc1c(NC[C@H]2C[C@H]3C=C[C@H]2C3)c(=O)c1=O. The highest BCUT2D eigenvalue weighted by molar-refractivity contribution is 5.73. The molecule has 2 aliphatic rings. The van der Waals surface area contributed by atoms with Gasteiger partial charge in [-0.3, -0.25) is 9.59 Å². The summed E-state index contributed by atoms with van der Waals surface area (Å²) in [4.78, 5) is 25.5. The van der Waals surface area contributed by atoms with E-state index in [-0.39, 0.29) is 10.9 Å². The number of fused-ring (bicyclic) bond motifs is 2. The molecule has 0 aromatic heterocycles. The second kappa shape index (κ2) is 6.24. The highest BCUT2D eigenvalue weighted by Gasteiger charge is 2.35. The van der Waals surface area contributed by atoms with Gasteiger partial charge in [-0.05, 0) is 57.7 Å². The van der Waals surface area contributed by atoms with Crippen LogP contribution in [0.2, 0.25) is 0 Å². The molecular formula is C17H25N3O2. The minimum atomic E-state index is -0.375. The Hall–Kier alpha value is -1.62. The normalized spacial score (nSPS) is 26.2. The van der Waals surface area contributed by atoms with Crippen LogP contribution in [-0.4, -0.2) is 38.6 Å². The highest BCUT2D eigenvalue weighted by atomic mass is 16.2. The van der Waals surface area contributed by atoms with Crippen LogP contribution in [0.3, 0.4) is 0 Å². The average molecular weight is 303 g/mol. The molecule has 2 N–H and O–H groups in total. The zero-order valence-electron chi connectivity index (χ0n) is 13.4. The topological polar surface area (TPSA) is 61.4 Å². The Morgan fingerprint density at radius 2 is 1.82 bits per heavy atom. The van der Waals surface area contributed by atoms with Crippen LogP contribution in [0.4, 0.5) is 11.4 Å². The molecule has 5 nitrogen and oxygen atoms in total. The van der Waals surface area contributed by atoms with Gasteiger partial charge in [-0.25, -0.2) is 0 Å². The Morgan fingerprint density at radius 1 is 1.09 bits per heavy atom. The fraction of sp³-hybridized carbons (Fsp3) is 0.647. The summed E-state index contributed by atoms with van der Waals surface area (Å²) in [5, 5.41) is 6.35. The van der Waals surface area contributed by atoms with Crippen molar-refractivity contribution in [1.29, 1.82) is 0 Å². The van der Waals surface area contributed by atoms with Crippen molar-refractivity contribution in [2.45, 2.75) is 19.3 Å². The molecule has 0 unspecified atom stereocenters. The number of rotatable bonds is 8. The minimum absolute atomic E-state index is 0.367. The van der Waals surface area contributed by atoms with Gasteiger partial charge in [0.25, 0.3) is 10.9 Å². The van der Waals surface area contributed by atoms with Gasteiger partial charge >= 0.3 is 0 Å². The maximum Gasteiger partial charge on any atom is 0.253 e. The molecule has 3 rings (SSSR count). The third-order valence-corrected chi connectivity index (χ3v) is 4.95. The first-order valence-corrected chi connectivity index (χ1v) is 8.20. The summed E-state index contributed by atoms with van der Waals surface area (Å²) in [6.07, 6.45) is 8.03. The van der Waals surface area contributed by atoms with Gasteiger partial charge in [0, 0.05) is 13.1 Å². The number of hydrogen-bond acceptors (Lipinski definition) is 5. The Kier molecular flexibility index (Phi) is 4.34. The van der Waals surface area contributed by atoms with E-state index in [1.807, 2.05) is 14.1 Å². The molecular weight excluding hydrogens is 278 g/mol. The van der Waals surface area contributed by atoms with Gasteiger partial charge in [0.1, 0.15) is 11.4 Å². The van der Waals surface area contributed by atoms with Crippen molar-refractivity contribution in [2.75, 3.05) is 44.4 Å². The van der Waals surface area contributed by atoms with Crippen LogP contribution in [0.25, 0.3) is 0 Å². The van der Waals surface area contributed by atoms with Gasteiger partial charge in [-0.15, -0.1) is 0 Å². The molecule has 0 amide bonds. The number of nitrogens with one attached hydrogen (secondary N) is 2. The van der Waals surface area contributed by atoms with Gasteiger partial charge in [-0.2, -0.15) is 0 Å². The highest BCUT2D eigenvalue weighted by Crippen LogP contribution is 2.43. The van der Waals surface area contributed by atoms with Crippen LogP contribution in [-0.2, 0) is 0 Å². The quantitative estimate of drug-likeness (QED) is 0.430. The van der Waals surface area contributed by atoms with Crippen LogP contribution in [0.5, 0.6) is 0 Å². The minimum Gasteiger partial charge on any atom is -0.380 e. The molecule has 120 valence electrons. The molecule has 0 saturated heterocycles. The van der Waals surface area contributed by atoms with Crippen molar-refractivity contribution in [3.8, 4) is 0 Å². The van der Waals surface area contributed by atoms with Crippen molar-refractivity contribution in [3.63, 3.8) is 0 Å². The summed E-state index contributed by atoms with van der Waals surface area (Å²) in [6, 6.07) is 0. The number of anilines is 2. The van der Waals surface area contributed by atoms with Crippen LogP contribution < -0.4 is 21.5 Å². The molecule has 0 aliphatic heterocycles. The summed E-state index contributed by atoms with van der Waals surface area (Å²) < 4.78 is 0. The van der Waals surface area contributed by atoms with Crippen LogP contribution in [0, 0.1) is 17.8 Å². The van der Waals surface area contributed by atoms with Crippen molar-refractivity contribution in [2.24, 2.45) is 17.8 Å². The number of allylic oxidation sites excluding steroid dienone is 2. The van der Waals surface area contributed by atoms with E-state index in [4.69, 9.17) is 0 Å². The van der Waals surface area contributed by atoms with Crippen LogP contribution in [0.15, 0.2) is 21.7 Å². The van der Waals surface area contributed by atoms with Gasteiger partial charge in [-0.1, -0.05) is 12.2 Å². The molecule has 0 radical (unpaired) electrons. The fourth-order valence-corrected chi connectivity index (χ4v) is 3.70. The van der Waals surface area contributed by atoms with Crippen LogP contribution >= 0.6 is 0 Å². The first kappa shape index (κ1) is 15.3. The Balaban J connectivity index is 1.51. The first-order chi connectivity index (χ1) is 10.6. The Bertz CT molecular complexity index is 628. The third kappa shape index (κ3) is 2.95. The predicted molar refractivity (Wildman–Crippen MR) is 90.3 cm³/mol. The lowest BCUT2D eigenvalue weighted by atomic mass is 9.93. The molecule has 3 atom stereocenters. The van der Waals surface area contributed by atoms with E-state index in [2.05, 4.69) is 27.7 Å². The molecule has 22 heavy (non-hydrogen) atoms.